The van der Waals surface area contributed by atoms with Crippen LogP contribution in [0.15, 0.2) is 12.1 Å². The Labute approximate surface area is 108 Å². The van der Waals surface area contributed by atoms with E-state index in [1.807, 2.05) is 38.1 Å². The van der Waals surface area contributed by atoms with E-state index in [4.69, 9.17) is 0 Å². The van der Waals surface area contributed by atoms with Gasteiger partial charge in [-0.2, -0.15) is 0 Å². The summed E-state index contributed by atoms with van der Waals surface area (Å²) in [7, 11) is 3.73. The van der Waals surface area contributed by atoms with Crippen LogP contribution in [-0.4, -0.2) is 35.9 Å². The maximum absolute atomic E-state index is 12.4. The van der Waals surface area contributed by atoms with Gasteiger partial charge in [-0.05, 0) is 31.9 Å². The van der Waals surface area contributed by atoms with Crippen LogP contribution in [0.3, 0.4) is 0 Å². The van der Waals surface area contributed by atoms with E-state index in [-0.39, 0.29) is 5.91 Å². The van der Waals surface area contributed by atoms with Crippen LogP contribution < -0.4 is 5.32 Å². The number of hydrogen-bond donors (Lipinski definition) is 1. The fraction of sp³-hybridized carbons (Fsp3) is 0.571. The molecule has 4 nitrogen and oxygen atoms in total. The lowest BCUT2D eigenvalue weighted by Gasteiger charge is -2.24. The molecule has 0 bridgehead atoms. The van der Waals surface area contributed by atoms with Crippen molar-refractivity contribution in [2.75, 3.05) is 19.4 Å². The molecule has 1 heterocycles. The van der Waals surface area contributed by atoms with E-state index in [0.717, 1.165) is 29.9 Å². The Balaban J connectivity index is 2.19. The lowest BCUT2D eigenvalue weighted by Crippen LogP contribution is -2.35. The van der Waals surface area contributed by atoms with Gasteiger partial charge < -0.3 is 10.2 Å². The molecule has 0 saturated heterocycles. The number of aryl methyl sites for hydroxylation is 1. The summed E-state index contributed by atoms with van der Waals surface area (Å²) in [5, 5.41) is 2.99. The summed E-state index contributed by atoms with van der Waals surface area (Å²) in [5.41, 5.74) is 1.59. The van der Waals surface area contributed by atoms with Gasteiger partial charge in [0.1, 0.15) is 5.82 Å². The quantitative estimate of drug-likeness (QED) is 0.892. The number of anilines is 1. The van der Waals surface area contributed by atoms with Crippen molar-refractivity contribution >= 4 is 11.7 Å². The summed E-state index contributed by atoms with van der Waals surface area (Å²) in [6.07, 6.45) is 4.73. The second kappa shape index (κ2) is 5.38. The zero-order chi connectivity index (χ0) is 13.1. The van der Waals surface area contributed by atoms with Crippen LogP contribution in [0.1, 0.15) is 41.7 Å². The van der Waals surface area contributed by atoms with Gasteiger partial charge >= 0.3 is 0 Å². The molecule has 0 aliphatic heterocycles. The molecule has 1 aliphatic rings. The minimum absolute atomic E-state index is 0.101. The van der Waals surface area contributed by atoms with Crippen molar-refractivity contribution in [3.63, 3.8) is 0 Å². The molecule has 2 rings (SSSR count). The van der Waals surface area contributed by atoms with Gasteiger partial charge in [0.15, 0.2) is 0 Å². The summed E-state index contributed by atoms with van der Waals surface area (Å²) < 4.78 is 0. The topological polar surface area (TPSA) is 45.2 Å². The van der Waals surface area contributed by atoms with Gasteiger partial charge in [0, 0.05) is 31.4 Å². The molecular formula is C14H21N3O. The average molecular weight is 247 g/mol. The first kappa shape index (κ1) is 12.9. The fourth-order valence-electron chi connectivity index (χ4n) is 2.58. The zero-order valence-electron chi connectivity index (χ0n) is 11.4. The molecule has 1 aromatic heterocycles. The third kappa shape index (κ3) is 2.63. The minimum atomic E-state index is 0.101. The Morgan fingerprint density at radius 3 is 2.67 bits per heavy atom. The molecule has 1 aliphatic carbocycles. The summed E-state index contributed by atoms with van der Waals surface area (Å²) in [4.78, 5) is 18.6. The van der Waals surface area contributed by atoms with Crippen molar-refractivity contribution in [2.24, 2.45) is 0 Å². The normalized spacial score (nSPS) is 15.7. The number of nitrogens with one attached hydrogen (secondary N) is 1. The number of aromatic nitrogens is 1. The van der Waals surface area contributed by atoms with Gasteiger partial charge in [0.2, 0.25) is 0 Å². The first-order valence-electron chi connectivity index (χ1n) is 6.55. The van der Waals surface area contributed by atoms with Gasteiger partial charge in [-0.3, -0.25) is 4.79 Å². The molecule has 4 heteroatoms. The van der Waals surface area contributed by atoms with Gasteiger partial charge in [-0.25, -0.2) is 4.98 Å². The Morgan fingerprint density at radius 2 is 2.06 bits per heavy atom. The predicted octanol–water partition coefficient (Wildman–Crippen LogP) is 2.45. The molecule has 0 atom stereocenters. The van der Waals surface area contributed by atoms with Crippen LogP contribution in [0.25, 0.3) is 0 Å². The van der Waals surface area contributed by atoms with E-state index in [2.05, 4.69) is 10.3 Å². The van der Waals surface area contributed by atoms with E-state index in [9.17, 15) is 4.79 Å². The molecule has 0 aromatic carbocycles. The highest BCUT2D eigenvalue weighted by Crippen LogP contribution is 2.24. The highest BCUT2D eigenvalue weighted by Gasteiger charge is 2.24. The maximum Gasteiger partial charge on any atom is 0.254 e. The molecule has 0 radical (unpaired) electrons. The third-order valence-electron chi connectivity index (χ3n) is 3.65. The van der Waals surface area contributed by atoms with Crippen LogP contribution in [0.5, 0.6) is 0 Å². The molecule has 0 unspecified atom stereocenters. The summed E-state index contributed by atoms with van der Waals surface area (Å²) in [6, 6.07) is 4.08. The Kier molecular flexibility index (Phi) is 3.84. The number of rotatable bonds is 3. The smallest absolute Gasteiger partial charge is 0.254 e. The first-order chi connectivity index (χ1) is 8.61. The number of carbonyl (C=O) groups excluding carboxylic acids is 1. The van der Waals surface area contributed by atoms with Crippen LogP contribution in [0.4, 0.5) is 5.82 Å². The second-order valence-corrected chi connectivity index (χ2v) is 4.99. The van der Waals surface area contributed by atoms with Crippen LogP contribution in [0.2, 0.25) is 0 Å². The SMILES string of the molecule is CNc1cc(C(=O)N(C)C2CCCC2)cc(C)n1. The highest BCUT2D eigenvalue weighted by molar-refractivity contribution is 5.95. The third-order valence-corrected chi connectivity index (χ3v) is 3.65. The number of pyridine rings is 1. The number of carbonyl (C=O) groups is 1. The van der Waals surface area contributed by atoms with E-state index < -0.39 is 0 Å². The second-order valence-electron chi connectivity index (χ2n) is 4.99. The number of hydrogen-bond acceptors (Lipinski definition) is 3. The molecule has 1 amide bonds. The van der Waals surface area contributed by atoms with E-state index in [1.54, 1.807) is 0 Å². The fourth-order valence-corrected chi connectivity index (χ4v) is 2.58. The zero-order valence-corrected chi connectivity index (χ0v) is 11.4. The molecule has 1 fully saturated rings. The largest absolute Gasteiger partial charge is 0.373 e. The first-order valence-corrected chi connectivity index (χ1v) is 6.55. The Morgan fingerprint density at radius 1 is 1.39 bits per heavy atom. The van der Waals surface area contributed by atoms with Crippen molar-refractivity contribution in [3.8, 4) is 0 Å². The molecular weight excluding hydrogens is 226 g/mol. The van der Waals surface area contributed by atoms with E-state index in [0.29, 0.717) is 6.04 Å². The van der Waals surface area contributed by atoms with Crippen molar-refractivity contribution in [3.05, 3.63) is 23.4 Å². The van der Waals surface area contributed by atoms with Crippen LogP contribution in [0, 0.1) is 6.92 Å². The standard InChI is InChI=1S/C14H21N3O/c1-10-8-11(9-13(15-2)16-10)14(18)17(3)12-6-4-5-7-12/h8-9,12H,4-7H2,1-3H3,(H,15,16). The number of nitrogens with zero attached hydrogens (tertiary/aromatic N) is 2. The van der Waals surface area contributed by atoms with E-state index >= 15 is 0 Å². The van der Waals surface area contributed by atoms with Gasteiger partial charge in [-0.1, -0.05) is 12.8 Å². The highest BCUT2D eigenvalue weighted by atomic mass is 16.2. The van der Waals surface area contributed by atoms with Gasteiger partial charge in [0.05, 0.1) is 0 Å². The Bertz CT molecular complexity index is 439. The van der Waals surface area contributed by atoms with E-state index in [1.165, 1.54) is 12.8 Å². The molecule has 1 saturated carbocycles. The van der Waals surface area contributed by atoms with Crippen molar-refractivity contribution < 1.29 is 4.79 Å². The predicted molar refractivity (Wildman–Crippen MR) is 72.9 cm³/mol. The minimum Gasteiger partial charge on any atom is -0.373 e. The Hall–Kier alpha value is -1.58. The molecule has 0 spiro atoms. The van der Waals surface area contributed by atoms with Gasteiger partial charge in [0.25, 0.3) is 5.91 Å². The molecule has 98 valence electrons. The summed E-state index contributed by atoms with van der Waals surface area (Å²) in [5.74, 6) is 0.849. The van der Waals surface area contributed by atoms with Crippen LogP contribution >= 0.6 is 0 Å². The average Bonchev–Trinajstić information content (AvgIpc) is 2.90. The lowest BCUT2D eigenvalue weighted by atomic mass is 10.1. The monoisotopic (exact) mass is 247 g/mol. The molecule has 1 aromatic rings. The van der Waals surface area contributed by atoms with Crippen molar-refractivity contribution in [1.82, 2.24) is 9.88 Å². The summed E-state index contributed by atoms with van der Waals surface area (Å²) in [6.45, 7) is 1.91. The molecule has 1 N–H and O–H groups in total. The lowest BCUT2D eigenvalue weighted by molar-refractivity contribution is 0.0735. The number of amides is 1. The van der Waals surface area contributed by atoms with Crippen molar-refractivity contribution in [1.29, 1.82) is 0 Å². The summed E-state index contributed by atoms with van der Waals surface area (Å²) >= 11 is 0. The van der Waals surface area contributed by atoms with Crippen LogP contribution in [-0.2, 0) is 0 Å². The van der Waals surface area contributed by atoms with Crippen molar-refractivity contribution in [2.45, 2.75) is 38.6 Å². The maximum atomic E-state index is 12.4. The molecule has 18 heavy (non-hydrogen) atoms. The van der Waals surface area contributed by atoms with Gasteiger partial charge in [-0.15, -0.1) is 0 Å².